The highest BCUT2D eigenvalue weighted by Gasteiger charge is 1.55. The van der Waals surface area contributed by atoms with Gasteiger partial charge in [0.1, 0.15) is 0 Å². The first-order chi connectivity index (χ1) is 3.68. The van der Waals surface area contributed by atoms with E-state index in [1.54, 1.807) is 14.2 Å². The lowest BCUT2D eigenvalue weighted by molar-refractivity contribution is 0.277. The third-order valence-electron chi connectivity index (χ3n) is 0.149. The quantitative estimate of drug-likeness (QED) is 0.519. The van der Waals surface area contributed by atoms with Gasteiger partial charge in [-0.25, -0.2) is 8.42 Å². The second-order valence-corrected chi connectivity index (χ2v) is 1.81. The predicted molar refractivity (Wildman–Crippen MR) is 33.4 cm³/mol. The molecule has 0 radical (unpaired) electrons. The summed E-state index contributed by atoms with van der Waals surface area (Å²) < 4.78 is 22.8. The zero-order valence-corrected chi connectivity index (χ0v) is 5.85. The molecule has 0 aliphatic rings. The van der Waals surface area contributed by atoms with Crippen LogP contribution in [0, 0.1) is 0 Å². The van der Waals surface area contributed by atoms with Gasteiger partial charge in [-0.1, -0.05) is 6.58 Å². The van der Waals surface area contributed by atoms with Gasteiger partial charge in [0, 0.05) is 19.6 Å². The highest BCUT2D eigenvalue weighted by molar-refractivity contribution is 7.75. The van der Waals surface area contributed by atoms with Gasteiger partial charge in [-0.15, -0.1) is 0 Å². The standard InChI is InChI=1S/C2H4O2S.C2H6O/c1-2-5(3)4;1-3-2/h2,5H,1H2;1-2H3. The van der Waals surface area contributed by atoms with E-state index in [0.717, 1.165) is 5.41 Å². The molecule has 0 aromatic heterocycles. The van der Waals surface area contributed by atoms with E-state index < -0.39 is 10.7 Å². The van der Waals surface area contributed by atoms with Crippen molar-refractivity contribution in [3.05, 3.63) is 12.0 Å². The van der Waals surface area contributed by atoms with E-state index in [1.807, 2.05) is 0 Å². The van der Waals surface area contributed by atoms with Crippen molar-refractivity contribution >= 4 is 10.7 Å². The molecule has 0 aliphatic heterocycles. The molecule has 0 aliphatic carbocycles. The maximum atomic E-state index is 9.29. The molecular weight excluding hydrogens is 128 g/mol. The maximum Gasteiger partial charge on any atom is 0.160 e. The highest BCUT2D eigenvalue weighted by Crippen LogP contribution is 1.53. The number of thiol groups is 1. The van der Waals surface area contributed by atoms with Crippen molar-refractivity contribution in [1.29, 1.82) is 0 Å². The monoisotopic (exact) mass is 138 g/mol. The zero-order chi connectivity index (χ0) is 6.99. The van der Waals surface area contributed by atoms with Gasteiger partial charge in [-0.2, -0.15) is 0 Å². The summed E-state index contributed by atoms with van der Waals surface area (Å²) in [4.78, 5) is 0. The molecule has 0 saturated carbocycles. The number of rotatable bonds is 1. The summed E-state index contributed by atoms with van der Waals surface area (Å²) in [5.41, 5.74) is 0. The third-order valence-corrected chi connectivity index (χ3v) is 0.447. The largest absolute Gasteiger partial charge is 0.388 e. The average Bonchev–Trinajstić information content (AvgIpc) is 1.69. The molecule has 0 bridgehead atoms. The molecule has 4 heteroatoms. The lowest BCUT2D eigenvalue weighted by Gasteiger charge is -1.61. The lowest BCUT2D eigenvalue weighted by atomic mass is 11.3. The van der Waals surface area contributed by atoms with Crippen LogP contribution in [0.25, 0.3) is 0 Å². The first-order valence-electron chi connectivity index (χ1n) is 1.85. The van der Waals surface area contributed by atoms with Crippen LogP contribution in [0.15, 0.2) is 12.0 Å². The zero-order valence-electron chi connectivity index (χ0n) is 4.96. The van der Waals surface area contributed by atoms with Crippen molar-refractivity contribution in [3.63, 3.8) is 0 Å². The SMILES string of the molecule is C=C[SH](=O)=O.COC. The van der Waals surface area contributed by atoms with Gasteiger partial charge in [-0.05, 0) is 0 Å². The van der Waals surface area contributed by atoms with Gasteiger partial charge < -0.3 is 4.74 Å². The van der Waals surface area contributed by atoms with Crippen LogP contribution in [0.2, 0.25) is 0 Å². The molecular formula is C4H10O3S. The van der Waals surface area contributed by atoms with Gasteiger partial charge in [0.2, 0.25) is 0 Å². The van der Waals surface area contributed by atoms with Gasteiger partial charge >= 0.3 is 0 Å². The summed E-state index contributed by atoms with van der Waals surface area (Å²) in [5.74, 6) is 0. The fourth-order valence-corrected chi connectivity index (χ4v) is 0. The summed E-state index contributed by atoms with van der Waals surface area (Å²) in [7, 11) is 0.916. The molecule has 50 valence electrons. The molecule has 0 heterocycles. The van der Waals surface area contributed by atoms with Crippen LogP contribution in [-0.2, 0) is 15.4 Å². The Morgan fingerprint density at radius 3 is 1.62 bits per heavy atom. The fraction of sp³-hybridized carbons (Fsp3) is 0.500. The molecule has 0 aromatic carbocycles. The highest BCUT2D eigenvalue weighted by atomic mass is 32.2. The topological polar surface area (TPSA) is 43.4 Å². The van der Waals surface area contributed by atoms with Crippen LogP contribution in [0.1, 0.15) is 0 Å². The van der Waals surface area contributed by atoms with Crippen LogP contribution >= 0.6 is 0 Å². The maximum absolute atomic E-state index is 9.29. The van der Waals surface area contributed by atoms with Crippen molar-refractivity contribution in [3.8, 4) is 0 Å². The average molecular weight is 138 g/mol. The van der Waals surface area contributed by atoms with Gasteiger partial charge in [0.15, 0.2) is 10.7 Å². The van der Waals surface area contributed by atoms with E-state index in [1.165, 1.54) is 0 Å². The molecule has 3 nitrogen and oxygen atoms in total. The normalized spacial score (nSPS) is 7.38. The van der Waals surface area contributed by atoms with Crippen molar-refractivity contribution < 1.29 is 13.2 Å². The van der Waals surface area contributed by atoms with Crippen molar-refractivity contribution in [2.75, 3.05) is 14.2 Å². The number of ether oxygens (including phenoxy) is 1. The minimum Gasteiger partial charge on any atom is -0.388 e. The van der Waals surface area contributed by atoms with Crippen LogP contribution in [0.4, 0.5) is 0 Å². The Hall–Kier alpha value is -0.350. The van der Waals surface area contributed by atoms with Crippen LogP contribution < -0.4 is 0 Å². The van der Waals surface area contributed by atoms with Gasteiger partial charge in [0.25, 0.3) is 0 Å². The predicted octanol–water partition coefficient (Wildman–Crippen LogP) is 0.00390. The Morgan fingerprint density at radius 2 is 1.62 bits per heavy atom. The van der Waals surface area contributed by atoms with E-state index in [-0.39, 0.29) is 0 Å². The molecule has 0 amide bonds. The van der Waals surface area contributed by atoms with E-state index >= 15 is 0 Å². The molecule has 0 saturated heterocycles. The first-order valence-corrected chi connectivity index (χ1v) is 3.09. The van der Waals surface area contributed by atoms with Crippen molar-refractivity contribution in [2.24, 2.45) is 0 Å². The minimum atomic E-state index is -2.33. The third kappa shape index (κ3) is 44.9. The van der Waals surface area contributed by atoms with Crippen LogP contribution in [0.5, 0.6) is 0 Å². The smallest absolute Gasteiger partial charge is 0.160 e. The molecule has 0 atom stereocenters. The molecule has 0 fully saturated rings. The van der Waals surface area contributed by atoms with Crippen molar-refractivity contribution in [1.82, 2.24) is 0 Å². The molecule has 0 spiro atoms. The van der Waals surface area contributed by atoms with E-state index in [9.17, 15) is 8.42 Å². The van der Waals surface area contributed by atoms with Crippen LogP contribution in [0.3, 0.4) is 0 Å². The van der Waals surface area contributed by atoms with Gasteiger partial charge in [-0.3, -0.25) is 0 Å². The summed E-state index contributed by atoms with van der Waals surface area (Å²) in [5, 5.41) is 0.870. The summed E-state index contributed by atoms with van der Waals surface area (Å²) >= 11 is 0. The summed E-state index contributed by atoms with van der Waals surface area (Å²) in [6, 6.07) is 0. The second-order valence-electron chi connectivity index (χ2n) is 0.876. The van der Waals surface area contributed by atoms with Crippen LogP contribution in [-0.4, -0.2) is 22.6 Å². The lowest BCUT2D eigenvalue weighted by Crippen LogP contribution is -1.55. The Labute approximate surface area is 50.9 Å². The van der Waals surface area contributed by atoms with Gasteiger partial charge in [0.05, 0.1) is 0 Å². The molecule has 0 rings (SSSR count). The van der Waals surface area contributed by atoms with E-state index in [4.69, 9.17) is 0 Å². The first kappa shape index (κ1) is 10.6. The van der Waals surface area contributed by atoms with Crippen molar-refractivity contribution in [2.45, 2.75) is 0 Å². The molecule has 8 heavy (non-hydrogen) atoms. The van der Waals surface area contributed by atoms with E-state index in [0.29, 0.717) is 0 Å². The Kier molecular flexibility index (Phi) is 13.0. The number of hydrogen-bond donors (Lipinski definition) is 1. The Balaban J connectivity index is 0. The Bertz CT molecular complexity index is 97.9. The number of methoxy groups -OCH3 is 1. The van der Waals surface area contributed by atoms with E-state index in [2.05, 4.69) is 11.3 Å². The Morgan fingerprint density at radius 1 is 1.50 bits per heavy atom. The number of hydrogen-bond acceptors (Lipinski definition) is 3. The molecule has 0 aromatic rings. The minimum absolute atomic E-state index is 0.870. The molecule has 0 unspecified atom stereocenters. The summed E-state index contributed by atoms with van der Waals surface area (Å²) in [6.07, 6.45) is 0. The fourth-order valence-electron chi connectivity index (χ4n) is 0. The second kappa shape index (κ2) is 9.82. The molecule has 0 N–H and O–H groups in total. The summed E-state index contributed by atoms with van der Waals surface area (Å²) in [6.45, 7) is 2.96.